The van der Waals surface area contributed by atoms with E-state index < -0.39 is 11.9 Å². The predicted molar refractivity (Wildman–Crippen MR) is 55.3 cm³/mol. The predicted octanol–water partition coefficient (Wildman–Crippen LogP) is 1.85. The third-order valence-corrected chi connectivity index (χ3v) is 2.00. The van der Waals surface area contributed by atoms with Gasteiger partial charge in [-0.25, -0.2) is 0 Å². The van der Waals surface area contributed by atoms with E-state index in [2.05, 4.69) is 17.3 Å². The van der Waals surface area contributed by atoms with E-state index in [9.17, 15) is 13.2 Å². The van der Waals surface area contributed by atoms with Crippen molar-refractivity contribution in [3.05, 3.63) is 11.6 Å². The van der Waals surface area contributed by atoms with E-state index >= 15 is 0 Å². The first-order valence-corrected chi connectivity index (χ1v) is 4.70. The number of halogens is 3. The summed E-state index contributed by atoms with van der Waals surface area (Å²) in [5.41, 5.74) is 6.68. The zero-order valence-corrected chi connectivity index (χ0v) is 8.58. The first-order valence-electron chi connectivity index (χ1n) is 4.29. The van der Waals surface area contributed by atoms with Gasteiger partial charge in [-0.05, 0) is 37.6 Å². The summed E-state index contributed by atoms with van der Waals surface area (Å²) >= 11 is 4.36. The normalized spacial score (nSPS) is 17.0. The van der Waals surface area contributed by atoms with Crippen LogP contribution in [0.4, 0.5) is 13.2 Å². The first-order chi connectivity index (χ1) is 6.89. The summed E-state index contributed by atoms with van der Waals surface area (Å²) in [6.07, 6.45) is -1.13. The van der Waals surface area contributed by atoms with Gasteiger partial charge in [0.2, 0.25) is 0 Å². The van der Waals surface area contributed by atoms with E-state index in [0.717, 1.165) is 18.1 Å². The highest BCUT2D eigenvalue weighted by Crippen LogP contribution is 2.28. The second kappa shape index (κ2) is 4.61. The summed E-state index contributed by atoms with van der Waals surface area (Å²) in [7, 11) is 0. The maximum Gasteiger partial charge on any atom is 0.435 e. The number of thiocarbonyl (C=S) groups is 1. The lowest BCUT2D eigenvalue weighted by molar-refractivity contribution is -0.0580. The topological polar surface area (TPSA) is 50.4 Å². The van der Waals surface area contributed by atoms with Gasteiger partial charge in [0.1, 0.15) is 0 Å². The van der Waals surface area contributed by atoms with Gasteiger partial charge in [-0.2, -0.15) is 18.3 Å². The molecule has 1 fully saturated rings. The van der Waals surface area contributed by atoms with Crippen molar-refractivity contribution >= 4 is 23.0 Å². The van der Waals surface area contributed by atoms with Crippen molar-refractivity contribution in [1.82, 2.24) is 5.43 Å². The standard InChI is InChI=1S/C8H10F3N3S/c9-8(10,11)6(13-14-7(12)15)4-5-2-1-3-5/h4H,1-3H2,(H3,12,14,15). The SMILES string of the molecule is NC(=S)NN=C(C=C1CCC1)C(F)(F)F. The fourth-order valence-corrected chi connectivity index (χ4v) is 1.06. The highest BCUT2D eigenvalue weighted by atomic mass is 32.1. The minimum Gasteiger partial charge on any atom is -0.375 e. The number of hydrogen-bond acceptors (Lipinski definition) is 2. The van der Waals surface area contributed by atoms with Gasteiger partial charge < -0.3 is 5.73 Å². The van der Waals surface area contributed by atoms with Crippen LogP contribution >= 0.6 is 12.2 Å². The van der Waals surface area contributed by atoms with Crippen molar-refractivity contribution in [2.24, 2.45) is 10.8 Å². The lowest BCUT2D eigenvalue weighted by atomic mass is 9.91. The average Bonchev–Trinajstić information content (AvgIpc) is 1.97. The maximum atomic E-state index is 12.4. The fraction of sp³-hybridized carbons (Fsp3) is 0.500. The molecule has 0 unspecified atom stereocenters. The Bertz CT molecular complexity index is 314. The number of allylic oxidation sites excluding steroid dienone is 2. The van der Waals surface area contributed by atoms with Gasteiger partial charge in [-0.15, -0.1) is 0 Å². The number of nitrogens with two attached hydrogens (primary N) is 1. The van der Waals surface area contributed by atoms with Gasteiger partial charge >= 0.3 is 6.18 Å². The van der Waals surface area contributed by atoms with Gasteiger partial charge in [0.15, 0.2) is 10.8 Å². The van der Waals surface area contributed by atoms with Crippen LogP contribution < -0.4 is 11.2 Å². The maximum absolute atomic E-state index is 12.4. The van der Waals surface area contributed by atoms with Crippen molar-refractivity contribution in [3.63, 3.8) is 0 Å². The molecule has 0 aliphatic heterocycles. The Morgan fingerprint density at radius 3 is 2.40 bits per heavy atom. The second-order valence-corrected chi connectivity index (χ2v) is 3.57. The Labute approximate surface area is 90.2 Å². The Morgan fingerprint density at radius 1 is 1.47 bits per heavy atom. The van der Waals surface area contributed by atoms with Crippen molar-refractivity contribution in [1.29, 1.82) is 0 Å². The van der Waals surface area contributed by atoms with Crippen LogP contribution in [0.5, 0.6) is 0 Å². The number of rotatable bonds is 2. The van der Waals surface area contributed by atoms with E-state index in [-0.39, 0.29) is 5.11 Å². The number of nitrogens with zero attached hydrogens (tertiary/aromatic N) is 1. The molecule has 0 atom stereocenters. The summed E-state index contributed by atoms with van der Waals surface area (Å²) in [5, 5.41) is 2.83. The van der Waals surface area contributed by atoms with Crippen LogP contribution in [-0.2, 0) is 0 Å². The third-order valence-electron chi connectivity index (χ3n) is 1.91. The van der Waals surface area contributed by atoms with Crippen LogP contribution in [0.25, 0.3) is 0 Å². The van der Waals surface area contributed by atoms with Crippen molar-refractivity contribution < 1.29 is 13.2 Å². The molecule has 0 aromatic rings. The molecule has 3 N–H and O–H groups in total. The van der Waals surface area contributed by atoms with Crippen LogP contribution in [-0.4, -0.2) is 17.0 Å². The molecule has 1 saturated carbocycles. The first kappa shape index (κ1) is 12.0. The molecular weight excluding hydrogens is 227 g/mol. The molecule has 0 aromatic carbocycles. The lowest BCUT2D eigenvalue weighted by Gasteiger charge is -2.17. The zero-order valence-electron chi connectivity index (χ0n) is 7.77. The Balaban J connectivity index is 2.77. The molecule has 0 heterocycles. The molecule has 0 saturated heterocycles. The lowest BCUT2D eigenvalue weighted by Crippen LogP contribution is -2.30. The van der Waals surface area contributed by atoms with Gasteiger partial charge in [0, 0.05) is 0 Å². The average molecular weight is 237 g/mol. The Kier molecular flexibility index (Phi) is 3.67. The molecule has 0 bridgehead atoms. The smallest absolute Gasteiger partial charge is 0.375 e. The Hall–Kier alpha value is -1.11. The molecule has 3 nitrogen and oxygen atoms in total. The van der Waals surface area contributed by atoms with Crippen molar-refractivity contribution in [3.8, 4) is 0 Å². The summed E-state index contributed by atoms with van der Waals surface area (Å²) in [4.78, 5) is 0. The monoisotopic (exact) mass is 237 g/mol. The number of hydrogen-bond donors (Lipinski definition) is 2. The van der Waals surface area contributed by atoms with Gasteiger partial charge in [0.05, 0.1) is 0 Å². The van der Waals surface area contributed by atoms with Crippen LogP contribution in [0.15, 0.2) is 16.8 Å². The molecule has 0 aromatic heterocycles. The second-order valence-electron chi connectivity index (χ2n) is 3.13. The molecule has 1 aliphatic rings. The van der Waals surface area contributed by atoms with Crippen LogP contribution in [0, 0.1) is 0 Å². The van der Waals surface area contributed by atoms with E-state index in [1.165, 1.54) is 0 Å². The Morgan fingerprint density at radius 2 is 2.07 bits per heavy atom. The molecule has 0 spiro atoms. The van der Waals surface area contributed by atoms with Crippen molar-refractivity contribution in [2.45, 2.75) is 25.4 Å². The zero-order chi connectivity index (χ0) is 11.5. The van der Waals surface area contributed by atoms with Crippen LogP contribution in [0.2, 0.25) is 0 Å². The molecule has 1 rings (SSSR count). The molecule has 84 valence electrons. The number of alkyl halides is 3. The summed E-state index contributed by atoms with van der Waals surface area (Å²) < 4.78 is 37.2. The molecule has 7 heteroatoms. The minimum absolute atomic E-state index is 0.288. The number of nitrogens with one attached hydrogen (secondary N) is 1. The van der Waals surface area contributed by atoms with Gasteiger partial charge in [-0.3, -0.25) is 5.43 Å². The van der Waals surface area contributed by atoms with Gasteiger partial charge in [-0.1, -0.05) is 5.57 Å². The highest BCUT2D eigenvalue weighted by molar-refractivity contribution is 7.80. The number of hydrazone groups is 1. The molecule has 0 amide bonds. The van der Waals surface area contributed by atoms with Crippen LogP contribution in [0.3, 0.4) is 0 Å². The van der Waals surface area contributed by atoms with Crippen LogP contribution in [0.1, 0.15) is 19.3 Å². The molecule has 15 heavy (non-hydrogen) atoms. The minimum atomic E-state index is -4.49. The van der Waals surface area contributed by atoms with Gasteiger partial charge in [0.25, 0.3) is 0 Å². The quantitative estimate of drug-likeness (QED) is 0.438. The van der Waals surface area contributed by atoms with Crippen molar-refractivity contribution in [2.75, 3.05) is 0 Å². The van der Waals surface area contributed by atoms with E-state index in [1.807, 2.05) is 5.43 Å². The van der Waals surface area contributed by atoms with E-state index in [4.69, 9.17) is 5.73 Å². The molecule has 0 radical (unpaired) electrons. The van der Waals surface area contributed by atoms with E-state index in [0.29, 0.717) is 12.8 Å². The third kappa shape index (κ3) is 3.86. The van der Waals surface area contributed by atoms with E-state index in [1.54, 1.807) is 0 Å². The summed E-state index contributed by atoms with van der Waals surface area (Å²) in [6.45, 7) is 0. The largest absolute Gasteiger partial charge is 0.435 e. The molecular formula is C8H10F3N3S. The highest BCUT2D eigenvalue weighted by Gasteiger charge is 2.35. The summed E-state index contributed by atoms with van der Waals surface area (Å²) in [6, 6.07) is 0. The summed E-state index contributed by atoms with van der Waals surface area (Å²) in [5.74, 6) is 0. The molecule has 1 aliphatic carbocycles. The fourth-order valence-electron chi connectivity index (χ4n) is 1.01.